The highest BCUT2D eigenvalue weighted by atomic mass is 79.9. The summed E-state index contributed by atoms with van der Waals surface area (Å²) >= 11 is 3.63. The summed E-state index contributed by atoms with van der Waals surface area (Å²) in [6.07, 6.45) is 0.951. The number of benzene rings is 22. The molecule has 0 spiro atoms. The van der Waals surface area contributed by atoms with Crippen molar-refractivity contribution in [1.82, 2.24) is 13.7 Å². The molecule has 0 radical (unpaired) electrons. The van der Waals surface area contributed by atoms with Crippen LogP contribution in [0.15, 0.2) is 514 Å². The molecule has 3 aliphatic rings. The topological polar surface area (TPSA) is 24.5 Å². The van der Waals surface area contributed by atoms with Gasteiger partial charge in [-0.3, -0.25) is 0 Å². The summed E-state index contributed by atoms with van der Waals surface area (Å²) in [5.41, 5.74) is 40.9. The first-order valence-corrected chi connectivity index (χ1v) is 50.4. The summed E-state index contributed by atoms with van der Waals surface area (Å²) < 4.78 is 8.39. The summed E-state index contributed by atoms with van der Waals surface area (Å²) in [5, 5.41) is 12.4. The minimum Gasteiger partial charge on any atom is -0.310 e. The van der Waals surface area contributed by atoms with Crippen LogP contribution in [0.5, 0.6) is 0 Å². The van der Waals surface area contributed by atoms with E-state index in [0.717, 1.165) is 62.1 Å². The van der Waals surface area contributed by atoms with Crippen LogP contribution in [0, 0.1) is 0 Å². The molecule has 1 atom stereocenters. The number of para-hydroxylation sites is 7. The number of aromatic nitrogens is 3. The van der Waals surface area contributed by atoms with E-state index in [9.17, 15) is 0 Å². The zero-order valence-electron chi connectivity index (χ0n) is 79.8. The van der Waals surface area contributed by atoms with Gasteiger partial charge < -0.3 is 28.4 Å². The van der Waals surface area contributed by atoms with Gasteiger partial charge in [0.25, 0.3) is 0 Å². The van der Waals surface area contributed by atoms with E-state index in [1.54, 1.807) is 0 Å². The lowest BCUT2D eigenvalue weighted by Gasteiger charge is -2.28. The molecule has 0 saturated carbocycles. The van der Waals surface area contributed by atoms with Crippen LogP contribution in [-0.4, -0.2) is 13.7 Å². The van der Waals surface area contributed by atoms with E-state index < -0.39 is 0 Å². The van der Waals surface area contributed by atoms with Crippen molar-refractivity contribution in [3.63, 3.8) is 0 Å². The monoisotopic (exact) mass is 1890 g/mol. The Bertz CT molecular complexity index is 9280. The van der Waals surface area contributed by atoms with Gasteiger partial charge in [0.15, 0.2) is 0 Å². The predicted molar refractivity (Wildman–Crippen MR) is 606 cm³/mol. The smallest absolute Gasteiger partial charge is 0.0561 e. The molecule has 3 aliphatic carbocycles. The molecule has 3 aromatic heterocycles. The van der Waals surface area contributed by atoms with Gasteiger partial charge in [-0.1, -0.05) is 371 Å². The zero-order valence-corrected chi connectivity index (χ0v) is 81.4. The molecule has 0 saturated heterocycles. The Morgan fingerprint density at radius 3 is 1.02 bits per heavy atom. The first-order chi connectivity index (χ1) is 70.3. The molecule has 0 N–H and O–H groups in total. The Labute approximate surface area is 841 Å². The quantitative estimate of drug-likeness (QED) is 0.102. The van der Waals surface area contributed by atoms with Crippen LogP contribution < -0.4 is 14.7 Å². The van der Waals surface area contributed by atoms with Gasteiger partial charge in [-0.25, -0.2) is 0 Å². The minimum atomic E-state index is -0.104. The van der Waals surface area contributed by atoms with Crippen LogP contribution in [0.1, 0.15) is 83.7 Å². The van der Waals surface area contributed by atoms with Crippen molar-refractivity contribution in [3.05, 3.63) is 564 Å². The highest BCUT2D eigenvalue weighted by Gasteiger charge is 2.39. The molecule has 0 bridgehead atoms. The second-order valence-corrected chi connectivity index (χ2v) is 40.1. The van der Waals surface area contributed by atoms with Crippen LogP contribution in [-0.2, 0) is 17.3 Å². The highest BCUT2D eigenvalue weighted by molar-refractivity contribution is 9.10. The Morgan fingerprint density at radius 1 is 0.210 bits per heavy atom. The van der Waals surface area contributed by atoms with Gasteiger partial charge in [-0.05, 0) is 293 Å². The standard InChI is InChI=1S/C68H49N3.C43H31BrN2.C25H19N/c1-68(2)63-28-16-14-25-57(63)58-38-35-53(43-64(58)68)71-65-29-17-15-26-59(65)60-39-36-54(44-66(60)71)70(49-22-10-5-11-23-49)51-33-31-46-40-50(32-30-47(46)41-51)69(48-20-8-4-9-21-48)52-34-37-56-55-24-12-13-27-61(55)67(62(56)42-52)45-18-6-3-7-19-45;1-43(2)39-14-8-6-12-35(39)36-22-20-33(26-40(36)43)46-41-15-9-7-13-37(41)38-23-21-34(27-42(38)46)45(31-10-4-3-5-11-31)32-19-17-28-24-30(44)18-16-29(28)25-32;1-3-9-19(10-4-1)17-20-15-16-23-22-13-7-8-14-24(22)26(25(23)18-20)21-11-5-2-6-12-21/h3-44,67H,1-2H3;3-27H,1-2H3;1-16,18H,17H2. The summed E-state index contributed by atoms with van der Waals surface area (Å²) in [6.45, 7) is 9.43. The molecule has 1 unspecified atom stereocenters. The molecule has 6 nitrogen and oxygen atoms in total. The van der Waals surface area contributed by atoms with Crippen LogP contribution in [0.3, 0.4) is 0 Å². The third-order valence-corrected chi connectivity index (χ3v) is 30.7. The van der Waals surface area contributed by atoms with Crippen molar-refractivity contribution in [2.75, 3.05) is 14.7 Å². The Kier molecular flexibility index (Phi) is 21.2. The van der Waals surface area contributed by atoms with Gasteiger partial charge in [-0.15, -0.1) is 0 Å². The fourth-order valence-electron chi connectivity index (χ4n) is 23.5. The second kappa shape index (κ2) is 35.2. The van der Waals surface area contributed by atoms with Gasteiger partial charge in [0.1, 0.15) is 0 Å². The van der Waals surface area contributed by atoms with Crippen molar-refractivity contribution >= 4 is 154 Å². The molecule has 25 aromatic rings. The maximum atomic E-state index is 3.63. The molecule has 22 aromatic carbocycles. The zero-order chi connectivity index (χ0) is 95.5. The second-order valence-electron chi connectivity index (χ2n) is 39.2. The summed E-state index contributed by atoms with van der Waals surface area (Å²) in [6, 6.07) is 186. The molecule has 28 rings (SSSR count). The molecule has 3 heterocycles. The average Bonchev–Trinajstić information content (AvgIpc) is 1.57. The summed E-state index contributed by atoms with van der Waals surface area (Å²) in [7, 11) is 0. The van der Waals surface area contributed by atoms with Crippen LogP contribution in [0.25, 0.3) is 137 Å². The molecule has 0 fully saturated rings. The third-order valence-electron chi connectivity index (χ3n) is 30.2. The van der Waals surface area contributed by atoms with Gasteiger partial charge in [-0.2, -0.15) is 0 Å². The maximum Gasteiger partial charge on any atom is 0.0561 e. The number of hydrogen-bond acceptors (Lipinski definition) is 3. The third kappa shape index (κ3) is 14.9. The van der Waals surface area contributed by atoms with Gasteiger partial charge >= 0.3 is 0 Å². The van der Waals surface area contributed by atoms with E-state index in [0.29, 0.717) is 0 Å². The first-order valence-electron chi connectivity index (χ1n) is 49.6. The van der Waals surface area contributed by atoms with Crippen LogP contribution in [0.4, 0.5) is 51.2 Å². The number of halogens is 1. The van der Waals surface area contributed by atoms with E-state index in [1.807, 2.05) is 0 Å². The van der Waals surface area contributed by atoms with Crippen LogP contribution >= 0.6 is 15.9 Å². The number of hydrogen-bond donors (Lipinski definition) is 0. The Balaban J connectivity index is 0.000000123. The molecular weight excluding hydrogens is 1800 g/mol. The largest absolute Gasteiger partial charge is 0.310 e. The molecule has 0 aliphatic heterocycles. The number of rotatable bonds is 15. The lowest BCUT2D eigenvalue weighted by atomic mass is 9.82. The maximum absolute atomic E-state index is 3.63. The van der Waals surface area contributed by atoms with E-state index >= 15 is 0 Å². The fraction of sp³-hybridized carbons (Fsp3) is 0.0588. The number of fused-ring (bicyclic) bond motifs is 20. The first kappa shape index (κ1) is 86.0. The van der Waals surface area contributed by atoms with Crippen molar-refractivity contribution in [3.8, 4) is 50.4 Å². The molecule has 7 heteroatoms. The highest BCUT2D eigenvalue weighted by Crippen LogP contribution is 2.55. The van der Waals surface area contributed by atoms with E-state index in [1.165, 1.54) is 187 Å². The lowest BCUT2D eigenvalue weighted by molar-refractivity contribution is 0.660. The van der Waals surface area contributed by atoms with Crippen LogP contribution in [0.2, 0.25) is 0 Å². The van der Waals surface area contributed by atoms with E-state index in [2.05, 4.69) is 582 Å². The normalized spacial score (nSPS) is 13.3. The molecule has 680 valence electrons. The van der Waals surface area contributed by atoms with Crippen molar-refractivity contribution in [1.29, 1.82) is 0 Å². The number of nitrogens with zero attached hydrogens (tertiary/aromatic N) is 6. The number of anilines is 9. The summed E-state index contributed by atoms with van der Waals surface area (Å²) in [5.74, 6) is 0.163. The van der Waals surface area contributed by atoms with Crippen molar-refractivity contribution in [2.24, 2.45) is 0 Å². The lowest BCUT2D eigenvalue weighted by Crippen LogP contribution is -2.15. The predicted octanol–water partition coefficient (Wildman–Crippen LogP) is 37.2. The van der Waals surface area contributed by atoms with E-state index in [4.69, 9.17) is 0 Å². The molecular formula is C136H99BrN6. The van der Waals surface area contributed by atoms with Gasteiger partial charge in [0, 0.05) is 122 Å². The summed E-state index contributed by atoms with van der Waals surface area (Å²) in [4.78, 5) is 7.18. The van der Waals surface area contributed by atoms with E-state index in [-0.39, 0.29) is 16.7 Å². The van der Waals surface area contributed by atoms with Gasteiger partial charge in [0.2, 0.25) is 0 Å². The fourth-order valence-corrected chi connectivity index (χ4v) is 23.9. The Hall–Kier alpha value is -17.4. The van der Waals surface area contributed by atoms with Crippen molar-refractivity contribution < 1.29 is 0 Å². The van der Waals surface area contributed by atoms with Gasteiger partial charge in [0.05, 0.1) is 33.1 Å². The average molecular weight is 1900 g/mol. The van der Waals surface area contributed by atoms with Crippen molar-refractivity contribution in [2.45, 2.75) is 50.9 Å². The SMILES string of the molecule is CC1(C)c2ccccc2-c2ccc(-n3c4ccccc4c4ccc(N(c5ccccc5)c5ccc6cc(Br)ccc6c5)cc43)cc21.CC1(C)c2ccccc2-c2ccc(-n3c4ccccc4c4ccc(N(c5ccccc5)c5ccc6cc(N(c7ccccc7)c7ccc8c(c7)C(c7ccccc7)c7ccccc7-8)ccc6c5)cc43)cc21.c1ccc(Cc2ccc3c4ccccc4n(-c4ccccc4)c3c2)cc1. The molecule has 143 heavy (non-hydrogen) atoms. The Morgan fingerprint density at radius 2 is 0.538 bits per heavy atom. The minimum absolute atomic E-state index is 0.0678. The molecule has 0 amide bonds.